The summed E-state index contributed by atoms with van der Waals surface area (Å²) in [6, 6.07) is 0. The average Bonchev–Trinajstić information content (AvgIpc) is 3.12. The minimum Gasteiger partial charge on any atom is -0.393 e. The molecule has 0 spiro atoms. The molecule has 0 aromatic heterocycles. The molecule has 7 heteroatoms. The fourth-order valence-electron chi connectivity index (χ4n) is 1.41. The Morgan fingerprint density at radius 3 is 2.12 bits per heavy atom. The van der Waals surface area contributed by atoms with Crippen LogP contribution < -0.4 is 0 Å². The van der Waals surface area contributed by atoms with E-state index in [0.29, 0.717) is 12.8 Å². The summed E-state index contributed by atoms with van der Waals surface area (Å²) in [5.41, 5.74) is 0. The maximum atomic E-state index is 5.52. The van der Waals surface area contributed by atoms with Gasteiger partial charge in [-0.2, -0.15) is 0 Å². The van der Waals surface area contributed by atoms with E-state index >= 15 is 0 Å². The van der Waals surface area contributed by atoms with Crippen molar-refractivity contribution in [3.63, 3.8) is 0 Å². The van der Waals surface area contributed by atoms with Gasteiger partial charge in [0.25, 0.3) is 0 Å². The maximum Gasteiger partial charge on any atom is 0.422 e. The Balaban J connectivity index is 2.46. The lowest BCUT2D eigenvalue weighted by Crippen LogP contribution is -2.58. The second-order valence-electron chi connectivity index (χ2n) is 3.49. The van der Waals surface area contributed by atoms with Crippen LogP contribution in [0.25, 0.3) is 0 Å². The third kappa shape index (κ3) is 3.49. The van der Waals surface area contributed by atoms with Gasteiger partial charge in [0, 0.05) is 28.4 Å². The molecule has 0 aromatic rings. The van der Waals surface area contributed by atoms with Crippen LogP contribution in [0.15, 0.2) is 0 Å². The lowest BCUT2D eigenvalue weighted by molar-refractivity contribution is -0.0838. The topological polar surface area (TPSA) is 58.7 Å². The molecular formula is C9H20O6Si. The summed E-state index contributed by atoms with van der Waals surface area (Å²) in [5.74, 6) is -0.511. The lowest BCUT2D eigenvalue weighted by Gasteiger charge is -2.32. The summed E-state index contributed by atoms with van der Waals surface area (Å²) in [5, 5.41) is 0. The molecule has 0 radical (unpaired) electrons. The van der Waals surface area contributed by atoms with Crippen LogP contribution in [0.1, 0.15) is 0 Å². The Morgan fingerprint density at radius 1 is 1.19 bits per heavy atom. The van der Waals surface area contributed by atoms with Crippen molar-refractivity contribution < 1.29 is 27.8 Å². The fourth-order valence-corrected chi connectivity index (χ4v) is 3.46. The summed E-state index contributed by atoms with van der Waals surface area (Å²) in [6.45, 7) is 1.33. The number of epoxide rings is 1. The maximum absolute atomic E-state index is 5.52. The van der Waals surface area contributed by atoms with E-state index in [4.69, 9.17) is 27.8 Å². The summed E-state index contributed by atoms with van der Waals surface area (Å²) < 4.78 is 31.8. The van der Waals surface area contributed by atoms with Crippen molar-refractivity contribution in [1.82, 2.24) is 0 Å². The Hall–Kier alpha value is -0.0231. The summed E-state index contributed by atoms with van der Waals surface area (Å²) in [6.07, 6.45) is 0.579. The molecule has 1 heterocycles. The second-order valence-corrected chi connectivity index (χ2v) is 6.69. The van der Waals surface area contributed by atoms with Crippen molar-refractivity contribution in [2.45, 2.75) is 12.0 Å². The van der Waals surface area contributed by atoms with E-state index in [1.54, 1.807) is 28.4 Å². The van der Waals surface area contributed by atoms with Gasteiger partial charge < -0.3 is 27.8 Å². The van der Waals surface area contributed by atoms with Crippen LogP contribution in [-0.4, -0.2) is 68.5 Å². The molecular weight excluding hydrogens is 232 g/mol. The van der Waals surface area contributed by atoms with Crippen LogP contribution in [0, 0.1) is 0 Å². The smallest absolute Gasteiger partial charge is 0.393 e. The zero-order valence-corrected chi connectivity index (χ0v) is 11.2. The molecule has 6 nitrogen and oxygen atoms in total. The van der Waals surface area contributed by atoms with Crippen LogP contribution in [0.2, 0.25) is 0 Å². The molecule has 16 heavy (non-hydrogen) atoms. The molecule has 1 atom stereocenters. The van der Waals surface area contributed by atoms with Crippen LogP contribution in [0.5, 0.6) is 0 Å². The summed E-state index contributed by atoms with van der Waals surface area (Å²) >= 11 is 0. The van der Waals surface area contributed by atoms with E-state index in [0.717, 1.165) is 6.61 Å². The third-order valence-electron chi connectivity index (χ3n) is 2.49. The van der Waals surface area contributed by atoms with Gasteiger partial charge in [-0.25, -0.2) is 0 Å². The minimum absolute atomic E-state index is 0.226. The zero-order chi connectivity index (χ0) is 12.0. The van der Waals surface area contributed by atoms with E-state index < -0.39 is 14.5 Å². The van der Waals surface area contributed by atoms with Gasteiger partial charge in [0.1, 0.15) is 6.10 Å². The van der Waals surface area contributed by atoms with Crippen LogP contribution in [-0.2, 0) is 27.8 Å². The van der Waals surface area contributed by atoms with Crippen molar-refractivity contribution >= 4 is 8.56 Å². The first-order chi connectivity index (χ1) is 7.72. The average molecular weight is 252 g/mol. The van der Waals surface area contributed by atoms with Gasteiger partial charge in [0.05, 0.1) is 19.4 Å². The Labute approximate surface area is 97.0 Å². The normalized spacial score (nSPS) is 20.4. The molecule has 96 valence electrons. The first kappa shape index (κ1) is 14.0. The Bertz CT molecular complexity index is 190. The van der Waals surface area contributed by atoms with Gasteiger partial charge in [0.15, 0.2) is 0 Å². The standard InChI is InChI=1S/C9H20O6Si/c1-10-9(11-2)16(12-3,13-4)7-14-5-8-6-15-8/h8-9H,5-7H2,1-4H3. The van der Waals surface area contributed by atoms with E-state index in [1.165, 1.54) is 0 Å². The van der Waals surface area contributed by atoms with Crippen molar-refractivity contribution in [2.24, 2.45) is 0 Å². The lowest BCUT2D eigenvalue weighted by atomic mass is 10.5. The number of hydrogen-bond acceptors (Lipinski definition) is 6. The zero-order valence-electron chi connectivity index (χ0n) is 10.2. The third-order valence-corrected chi connectivity index (χ3v) is 5.67. The van der Waals surface area contributed by atoms with Crippen molar-refractivity contribution in [3.8, 4) is 0 Å². The van der Waals surface area contributed by atoms with Gasteiger partial charge in [-0.3, -0.25) is 0 Å². The molecule has 0 aliphatic carbocycles. The van der Waals surface area contributed by atoms with Crippen molar-refractivity contribution in [2.75, 3.05) is 47.9 Å². The van der Waals surface area contributed by atoms with Gasteiger partial charge in [-0.05, 0) is 0 Å². The molecule has 0 N–H and O–H groups in total. The van der Waals surface area contributed by atoms with Crippen LogP contribution >= 0.6 is 0 Å². The van der Waals surface area contributed by atoms with E-state index in [2.05, 4.69) is 0 Å². The molecule has 0 saturated carbocycles. The van der Waals surface area contributed by atoms with E-state index in [1.807, 2.05) is 0 Å². The molecule has 1 aliphatic rings. The predicted molar refractivity (Wildman–Crippen MR) is 58.1 cm³/mol. The predicted octanol–water partition coefficient (Wildman–Crippen LogP) is -0.166. The highest BCUT2D eigenvalue weighted by atomic mass is 28.4. The van der Waals surface area contributed by atoms with E-state index in [-0.39, 0.29) is 6.10 Å². The number of hydrogen-bond donors (Lipinski definition) is 0. The molecule has 1 fully saturated rings. The molecule has 0 amide bonds. The van der Waals surface area contributed by atoms with Crippen LogP contribution in [0.4, 0.5) is 0 Å². The Morgan fingerprint density at radius 2 is 1.75 bits per heavy atom. The van der Waals surface area contributed by atoms with Crippen LogP contribution in [0.3, 0.4) is 0 Å². The van der Waals surface area contributed by atoms with Gasteiger partial charge in [0.2, 0.25) is 5.91 Å². The first-order valence-corrected chi connectivity index (χ1v) is 7.17. The molecule has 1 rings (SSSR count). The first-order valence-electron chi connectivity index (χ1n) is 5.07. The van der Waals surface area contributed by atoms with Crippen molar-refractivity contribution in [1.29, 1.82) is 0 Å². The molecule has 1 aliphatic heterocycles. The minimum atomic E-state index is -2.63. The monoisotopic (exact) mass is 252 g/mol. The highest BCUT2D eigenvalue weighted by Crippen LogP contribution is 2.16. The molecule has 1 saturated heterocycles. The number of ether oxygens (including phenoxy) is 4. The summed E-state index contributed by atoms with van der Waals surface area (Å²) in [7, 11) is 3.64. The van der Waals surface area contributed by atoms with Gasteiger partial charge >= 0.3 is 8.56 Å². The van der Waals surface area contributed by atoms with Gasteiger partial charge in [-0.15, -0.1) is 0 Å². The highest BCUT2D eigenvalue weighted by Gasteiger charge is 2.47. The van der Waals surface area contributed by atoms with E-state index in [9.17, 15) is 0 Å². The number of methoxy groups -OCH3 is 2. The van der Waals surface area contributed by atoms with Gasteiger partial charge in [-0.1, -0.05) is 0 Å². The quantitative estimate of drug-likeness (QED) is 0.323. The number of rotatable bonds is 9. The molecule has 0 aromatic carbocycles. The SMILES string of the molecule is COC(OC)[Si](COCC1CO1)(OC)OC. The fraction of sp³-hybridized carbons (Fsp3) is 1.00. The highest BCUT2D eigenvalue weighted by molar-refractivity contribution is 6.68. The summed E-state index contributed by atoms with van der Waals surface area (Å²) in [4.78, 5) is 0. The largest absolute Gasteiger partial charge is 0.422 e. The molecule has 1 unspecified atom stereocenters. The second kappa shape index (κ2) is 6.65. The Kier molecular flexibility index (Phi) is 5.83. The van der Waals surface area contributed by atoms with Crippen molar-refractivity contribution in [3.05, 3.63) is 0 Å². The molecule has 0 bridgehead atoms.